The van der Waals surface area contributed by atoms with Crippen molar-refractivity contribution >= 4 is 15.9 Å². The van der Waals surface area contributed by atoms with Gasteiger partial charge in [0, 0.05) is 25.7 Å². The third-order valence-electron chi connectivity index (χ3n) is 3.07. The molecule has 1 aliphatic heterocycles. The van der Waals surface area contributed by atoms with Crippen LogP contribution in [0.3, 0.4) is 0 Å². The van der Waals surface area contributed by atoms with Gasteiger partial charge in [0.05, 0.1) is 25.0 Å². The first-order valence-electron chi connectivity index (χ1n) is 6.91. The van der Waals surface area contributed by atoms with E-state index in [1.165, 1.54) is 0 Å². The minimum atomic E-state index is -3.47. The fourth-order valence-electron chi connectivity index (χ4n) is 1.95. The van der Waals surface area contributed by atoms with Crippen molar-refractivity contribution in [3.05, 3.63) is 0 Å². The van der Waals surface area contributed by atoms with Crippen LogP contribution in [-0.2, 0) is 19.6 Å². The minimum Gasteiger partial charge on any atom is -0.378 e. The lowest BCUT2D eigenvalue weighted by molar-refractivity contribution is -0.132. The van der Waals surface area contributed by atoms with E-state index in [0.29, 0.717) is 6.54 Å². The molecule has 1 amide bonds. The minimum absolute atomic E-state index is 0.00599. The number of nitrogens with zero attached hydrogens (tertiary/aromatic N) is 1. The summed E-state index contributed by atoms with van der Waals surface area (Å²) in [6, 6.07) is 0.0880. The molecule has 20 heavy (non-hydrogen) atoms. The molecule has 7 nitrogen and oxygen atoms in total. The van der Waals surface area contributed by atoms with E-state index in [9.17, 15) is 13.2 Å². The van der Waals surface area contributed by atoms with Gasteiger partial charge in [-0.05, 0) is 20.8 Å². The van der Waals surface area contributed by atoms with Gasteiger partial charge in [0.25, 0.3) is 0 Å². The summed E-state index contributed by atoms with van der Waals surface area (Å²) in [4.78, 5) is 13.7. The van der Waals surface area contributed by atoms with Crippen molar-refractivity contribution in [2.75, 3.05) is 38.5 Å². The highest BCUT2D eigenvalue weighted by atomic mass is 32.2. The molecule has 1 aliphatic rings. The Bertz CT molecular complexity index is 411. The fraction of sp³-hybridized carbons (Fsp3) is 0.917. The molecule has 1 fully saturated rings. The Kier molecular flexibility index (Phi) is 6.87. The smallest absolute Gasteiger partial charge is 0.237 e. The summed E-state index contributed by atoms with van der Waals surface area (Å²) in [6.07, 6.45) is -0.00599. The van der Waals surface area contributed by atoms with Crippen molar-refractivity contribution in [3.63, 3.8) is 0 Å². The van der Waals surface area contributed by atoms with Gasteiger partial charge in [0.15, 0.2) is 0 Å². The van der Waals surface area contributed by atoms with E-state index >= 15 is 0 Å². The number of carbonyl (C=O) groups is 1. The Morgan fingerprint density at radius 2 is 2.20 bits per heavy atom. The van der Waals surface area contributed by atoms with Gasteiger partial charge < -0.3 is 15.0 Å². The van der Waals surface area contributed by atoms with Crippen LogP contribution in [0.15, 0.2) is 0 Å². The first kappa shape index (κ1) is 17.4. The molecular formula is C12H25N3O4S. The van der Waals surface area contributed by atoms with Gasteiger partial charge in [0.1, 0.15) is 0 Å². The zero-order chi connectivity index (χ0) is 15.2. The number of piperazine rings is 1. The molecule has 0 saturated carbocycles. The van der Waals surface area contributed by atoms with Crippen molar-refractivity contribution in [3.8, 4) is 0 Å². The summed E-state index contributed by atoms with van der Waals surface area (Å²) >= 11 is 0. The van der Waals surface area contributed by atoms with Gasteiger partial charge in [0.2, 0.25) is 15.9 Å². The number of rotatable bonds is 7. The average molecular weight is 307 g/mol. The predicted molar refractivity (Wildman–Crippen MR) is 76.9 cm³/mol. The predicted octanol–water partition coefficient (Wildman–Crippen LogP) is -0.849. The summed E-state index contributed by atoms with van der Waals surface area (Å²) < 4.78 is 30.9. The Labute approximate surface area is 121 Å². The van der Waals surface area contributed by atoms with E-state index in [1.807, 2.05) is 20.8 Å². The lowest BCUT2D eigenvalue weighted by Gasteiger charge is -2.34. The first-order chi connectivity index (χ1) is 9.32. The quantitative estimate of drug-likeness (QED) is 0.640. The SMILES string of the molecule is CC(C)OCCS(=O)(=O)NCC(=O)N1CCNC[C@@H]1C. The van der Waals surface area contributed by atoms with Gasteiger partial charge in [-0.1, -0.05) is 0 Å². The molecule has 2 N–H and O–H groups in total. The largest absolute Gasteiger partial charge is 0.378 e. The average Bonchev–Trinajstić information content (AvgIpc) is 2.36. The van der Waals surface area contributed by atoms with Crippen molar-refractivity contribution in [1.82, 2.24) is 14.9 Å². The summed E-state index contributed by atoms with van der Waals surface area (Å²) in [6.45, 7) is 7.66. The van der Waals surface area contributed by atoms with Crippen molar-refractivity contribution in [2.45, 2.75) is 32.9 Å². The van der Waals surface area contributed by atoms with Crippen molar-refractivity contribution in [2.24, 2.45) is 0 Å². The maximum absolute atomic E-state index is 12.0. The molecule has 0 aromatic carbocycles. The van der Waals surface area contributed by atoms with Crippen LogP contribution in [-0.4, -0.2) is 69.9 Å². The second-order valence-electron chi connectivity index (χ2n) is 5.20. The molecule has 0 aliphatic carbocycles. The van der Waals surface area contributed by atoms with Crippen molar-refractivity contribution < 1.29 is 17.9 Å². The molecule has 1 rings (SSSR count). The molecule has 0 radical (unpaired) electrons. The second kappa shape index (κ2) is 7.92. The molecule has 0 aromatic rings. The molecule has 0 spiro atoms. The number of hydrogen-bond acceptors (Lipinski definition) is 5. The monoisotopic (exact) mass is 307 g/mol. The summed E-state index contributed by atoms with van der Waals surface area (Å²) in [5.74, 6) is -0.317. The maximum atomic E-state index is 12.0. The molecule has 0 aromatic heterocycles. The summed E-state index contributed by atoms with van der Waals surface area (Å²) in [5, 5.41) is 3.18. The highest BCUT2D eigenvalue weighted by Crippen LogP contribution is 2.02. The lowest BCUT2D eigenvalue weighted by Crippen LogP contribution is -2.54. The lowest BCUT2D eigenvalue weighted by atomic mass is 10.2. The summed E-state index contributed by atoms with van der Waals surface area (Å²) in [7, 11) is -3.47. The molecule has 1 saturated heterocycles. The van der Waals surface area contributed by atoms with Crippen LogP contribution in [0.4, 0.5) is 0 Å². The number of amides is 1. The number of hydrogen-bond donors (Lipinski definition) is 2. The van der Waals surface area contributed by atoms with Gasteiger partial charge in [-0.15, -0.1) is 0 Å². The third kappa shape index (κ3) is 6.17. The van der Waals surface area contributed by atoms with E-state index in [0.717, 1.165) is 13.1 Å². The van der Waals surface area contributed by atoms with E-state index in [4.69, 9.17) is 4.74 Å². The molecule has 0 unspecified atom stereocenters. The Morgan fingerprint density at radius 1 is 1.50 bits per heavy atom. The van der Waals surface area contributed by atoms with Crippen LogP contribution in [0.25, 0.3) is 0 Å². The van der Waals surface area contributed by atoms with Gasteiger partial charge in [-0.3, -0.25) is 4.79 Å². The van der Waals surface area contributed by atoms with E-state index < -0.39 is 10.0 Å². The number of sulfonamides is 1. The van der Waals surface area contributed by atoms with Gasteiger partial charge >= 0.3 is 0 Å². The molecular weight excluding hydrogens is 282 g/mol. The normalized spacial score (nSPS) is 20.4. The Balaban J connectivity index is 2.35. The fourth-order valence-corrected chi connectivity index (χ4v) is 2.75. The number of ether oxygens (including phenoxy) is 1. The maximum Gasteiger partial charge on any atom is 0.237 e. The zero-order valence-corrected chi connectivity index (χ0v) is 13.2. The third-order valence-corrected chi connectivity index (χ3v) is 4.36. The Morgan fingerprint density at radius 3 is 2.80 bits per heavy atom. The van der Waals surface area contributed by atoms with Crippen LogP contribution < -0.4 is 10.0 Å². The molecule has 1 atom stereocenters. The molecule has 1 heterocycles. The van der Waals surface area contributed by atoms with Gasteiger partial charge in [-0.2, -0.15) is 0 Å². The Hall–Kier alpha value is -0.700. The van der Waals surface area contributed by atoms with Crippen LogP contribution >= 0.6 is 0 Å². The number of nitrogens with one attached hydrogen (secondary N) is 2. The van der Waals surface area contributed by atoms with Crippen LogP contribution in [0, 0.1) is 0 Å². The standard InChI is InChI=1S/C12H25N3O4S/c1-10(2)19-6-7-20(17,18)14-9-12(16)15-5-4-13-8-11(15)3/h10-11,13-14H,4-9H2,1-3H3/t11-/m0/s1. The topological polar surface area (TPSA) is 87.7 Å². The van der Waals surface area contributed by atoms with E-state index in [1.54, 1.807) is 4.90 Å². The first-order valence-corrected chi connectivity index (χ1v) is 8.56. The van der Waals surface area contributed by atoms with Crippen LogP contribution in [0.1, 0.15) is 20.8 Å². The van der Waals surface area contributed by atoms with E-state index in [-0.39, 0.29) is 37.0 Å². The number of carbonyl (C=O) groups excluding carboxylic acids is 1. The van der Waals surface area contributed by atoms with Gasteiger partial charge in [-0.25, -0.2) is 13.1 Å². The second-order valence-corrected chi connectivity index (χ2v) is 7.13. The highest BCUT2D eigenvalue weighted by Gasteiger charge is 2.23. The molecule has 118 valence electrons. The molecule has 8 heteroatoms. The summed E-state index contributed by atoms with van der Waals surface area (Å²) in [5.41, 5.74) is 0. The van der Waals surface area contributed by atoms with Crippen molar-refractivity contribution in [1.29, 1.82) is 0 Å². The van der Waals surface area contributed by atoms with Crippen LogP contribution in [0.2, 0.25) is 0 Å². The van der Waals surface area contributed by atoms with E-state index in [2.05, 4.69) is 10.0 Å². The molecule has 0 bridgehead atoms. The highest BCUT2D eigenvalue weighted by molar-refractivity contribution is 7.89. The zero-order valence-electron chi connectivity index (χ0n) is 12.4. The van der Waals surface area contributed by atoms with Crippen LogP contribution in [0.5, 0.6) is 0 Å².